The molecule has 27 heavy (non-hydrogen) atoms. The minimum Gasteiger partial charge on any atom is -0.263 e. The van der Waals surface area contributed by atoms with Crippen LogP contribution in [-0.2, 0) is 0 Å². The second kappa shape index (κ2) is 6.35. The summed E-state index contributed by atoms with van der Waals surface area (Å²) in [7, 11) is 0. The molecule has 2 heterocycles. The molecule has 2 aromatic heterocycles. The van der Waals surface area contributed by atoms with E-state index in [4.69, 9.17) is 5.26 Å². The zero-order chi connectivity index (χ0) is 18.2. The Bertz CT molecular complexity index is 1340. The molecule has 3 heteroatoms. The van der Waals surface area contributed by atoms with Crippen LogP contribution in [0.3, 0.4) is 0 Å². The number of pyridine rings is 1. The van der Waals surface area contributed by atoms with Crippen LogP contribution in [0.25, 0.3) is 42.4 Å². The normalized spacial score (nSPS) is 10.9. The number of thiophene rings is 1. The molecule has 0 fully saturated rings. The van der Waals surface area contributed by atoms with Gasteiger partial charge < -0.3 is 0 Å². The molecule has 0 saturated heterocycles. The van der Waals surface area contributed by atoms with Crippen LogP contribution in [-0.4, -0.2) is 4.98 Å². The van der Waals surface area contributed by atoms with Gasteiger partial charge in [-0.05, 0) is 41.0 Å². The van der Waals surface area contributed by atoms with Crippen molar-refractivity contribution in [2.24, 2.45) is 0 Å². The van der Waals surface area contributed by atoms with E-state index >= 15 is 0 Å². The lowest BCUT2D eigenvalue weighted by Crippen LogP contribution is -1.84. The second-order valence-electron chi connectivity index (χ2n) is 6.46. The van der Waals surface area contributed by atoms with Crippen LogP contribution in [0.4, 0.5) is 0 Å². The van der Waals surface area contributed by atoms with E-state index in [0.29, 0.717) is 5.56 Å². The Labute approximate surface area is 161 Å². The number of benzene rings is 3. The molecular formula is C24H14N2S. The summed E-state index contributed by atoms with van der Waals surface area (Å²) in [4.78, 5) is 4.18. The van der Waals surface area contributed by atoms with Gasteiger partial charge in [0, 0.05) is 38.1 Å². The fourth-order valence-corrected chi connectivity index (χ4v) is 4.59. The van der Waals surface area contributed by atoms with Crippen LogP contribution in [0.2, 0.25) is 0 Å². The van der Waals surface area contributed by atoms with E-state index < -0.39 is 0 Å². The first-order chi connectivity index (χ1) is 13.3. The average Bonchev–Trinajstić information content (AvgIpc) is 3.11. The summed E-state index contributed by atoms with van der Waals surface area (Å²) in [6.45, 7) is 0. The number of aromatic nitrogens is 1. The highest BCUT2D eigenvalue weighted by Crippen LogP contribution is 2.36. The third-order valence-electron chi connectivity index (χ3n) is 4.78. The number of nitrogens with zero attached hydrogens (tertiary/aromatic N) is 2. The topological polar surface area (TPSA) is 36.7 Å². The largest absolute Gasteiger partial charge is 0.263 e. The summed E-state index contributed by atoms with van der Waals surface area (Å²) in [5, 5.41) is 11.7. The quantitative estimate of drug-likeness (QED) is 0.352. The first-order valence-corrected chi connectivity index (χ1v) is 9.51. The molecule has 0 N–H and O–H groups in total. The van der Waals surface area contributed by atoms with E-state index in [9.17, 15) is 0 Å². The smallest absolute Gasteiger partial charge is 0.101 e. The number of fused-ring (bicyclic) bond motifs is 3. The number of hydrogen-bond acceptors (Lipinski definition) is 3. The van der Waals surface area contributed by atoms with Gasteiger partial charge in [0.2, 0.25) is 0 Å². The van der Waals surface area contributed by atoms with Gasteiger partial charge in [-0.15, -0.1) is 11.3 Å². The highest BCUT2D eigenvalue weighted by atomic mass is 32.1. The van der Waals surface area contributed by atoms with Gasteiger partial charge in [0.05, 0.1) is 5.56 Å². The van der Waals surface area contributed by atoms with Crippen molar-refractivity contribution in [2.75, 3.05) is 0 Å². The lowest BCUT2D eigenvalue weighted by Gasteiger charge is -2.06. The van der Waals surface area contributed by atoms with E-state index in [1.54, 1.807) is 12.4 Å². The summed E-state index contributed by atoms with van der Waals surface area (Å²) >= 11 is 1.83. The van der Waals surface area contributed by atoms with Gasteiger partial charge in [-0.2, -0.15) is 5.26 Å². The Morgan fingerprint density at radius 3 is 2.33 bits per heavy atom. The maximum absolute atomic E-state index is 9.11. The molecule has 0 unspecified atom stereocenters. The van der Waals surface area contributed by atoms with Crippen LogP contribution in [0.5, 0.6) is 0 Å². The average molecular weight is 362 g/mol. The lowest BCUT2D eigenvalue weighted by molar-refractivity contribution is 1.30. The Kier molecular flexibility index (Phi) is 3.71. The molecule has 3 aromatic carbocycles. The zero-order valence-electron chi connectivity index (χ0n) is 14.4. The molecule has 0 aliphatic carbocycles. The standard InChI is InChI=1S/C24H14N2S/c25-13-16-10-20(15-26-14-16)18-5-3-4-17(11-18)19-8-9-22-21-6-1-2-7-23(21)27-24(22)12-19/h1-12,14-15H. The first-order valence-electron chi connectivity index (χ1n) is 8.69. The van der Waals surface area contributed by atoms with E-state index in [1.807, 2.05) is 17.4 Å². The van der Waals surface area contributed by atoms with Crippen molar-refractivity contribution in [3.8, 4) is 28.3 Å². The van der Waals surface area contributed by atoms with Gasteiger partial charge in [-0.25, -0.2) is 0 Å². The number of hydrogen-bond donors (Lipinski definition) is 0. The predicted molar refractivity (Wildman–Crippen MR) is 113 cm³/mol. The summed E-state index contributed by atoms with van der Waals surface area (Å²) in [5.41, 5.74) is 4.95. The van der Waals surface area contributed by atoms with Gasteiger partial charge in [-0.3, -0.25) is 4.98 Å². The molecule has 0 amide bonds. The molecule has 2 nitrogen and oxygen atoms in total. The van der Waals surface area contributed by atoms with Gasteiger partial charge in [0.1, 0.15) is 6.07 Å². The molecule has 0 aliphatic rings. The van der Waals surface area contributed by atoms with Gasteiger partial charge in [-0.1, -0.05) is 48.5 Å². The molecule has 5 aromatic rings. The van der Waals surface area contributed by atoms with E-state index in [2.05, 4.69) is 77.8 Å². The third kappa shape index (κ3) is 2.77. The fraction of sp³-hybridized carbons (Fsp3) is 0. The highest BCUT2D eigenvalue weighted by molar-refractivity contribution is 7.25. The summed E-state index contributed by atoms with van der Waals surface area (Å²) in [5.74, 6) is 0. The number of rotatable bonds is 2. The minimum absolute atomic E-state index is 0.574. The van der Waals surface area contributed by atoms with Gasteiger partial charge >= 0.3 is 0 Å². The Morgan fingerprint density at radius 1 is 0.667 bits per heavy atom. The summed E-state index contributed by atoms with van der Waals surface area (Å²) in [6, 6.07) is 27.6. The molecule has 0 atom stereocenters. The van der Waals surface area contributed by atoms with Gasteiger partial charge in [0.25, 0.3) is 0 Å². The zero-order valence-corrected chi connectivity index (χ0v) is 15.2. The Balaban J connectivity index is 1.62. The second-order valence-corrected chi connectivity index (χ2v) is 7.55. The van der Waals surface area contributed by atoms with Crippen LogP contribution >= 0.6 is 11.3 Å². The molecule has 126 valence electrons. The highest BCUT2D eigenvalue weighted by Gasteiger charge is 2.07. The predicted octanol–water partition coefficient (Wildman–Crippen LogP) is 6.66. The molecule has 0 bridgehead atoms. The van der Waals surface area contributed by atoms with Crippen molar-refractivity contribution in [2.45, 2.75) is 0 Å². The van der Waals surface area contributed by atoms with Crippen molar-refractivity contribution < 1.29 is 0 Å². The van der Waals surface area contributed by atoms with Gasteiger partial charge in [0.15, 0.2) is 0 Å². The SMILES string of the molecule is N#Cc1cncc(-c2cccc(-c3ccc4c(c3)sc3ccccc34)c2)c1. The molecule has 0 radical (unpaired) electrons. The Hall–Kier alpha value is -3.48. The molecule has 0 saturated carbocycles. The van der Waals surface area contributed by atoms with Crippen molar-refractivity contribution in [1.29, 1.82) is 5.26 Å². The first kappa shape index (κ1) is 15.7. The van der Waals surface area contributed by atoms with Crippen molar-refractivity contribution >= 4 is 31.5 Å². The molecule has 0 aliphatic heterocycles. The maximum Gasteiger partial charge on any atom is 0.101 e. The third-order valence-corrected chi connectivity index (χ3v) is 5.91. The van der Waals surface area contributed by atoms with Crippen LogP contribution in [0.15, 0.2) is 85.2 Å². The van der Waals surface area contributed by atoms with Crippen LogP contribution in [0.1, 0.15) is 5.56 Å². The van der Waals surface area contributed by atoms with Crippen molar-refractivity contribution in [3.05, 3.63) is 90.8 Å². The van der Waals surface area contributed by atoms with Crippen molar-refractivity contribution in [3.63, 3.8) is 0 Å². The summed E-state index contributed by atoms with van der Waals surface area (Å²) < 4.78 is 2.62. The maximum atomic E-state index is 9.11. The fourth-order valence-electron chi connectivity index (χ4n) is 3.44. The lowest BCUT2D eigenvalue weighted by atomic mass is 9.98. The molecule has 0 spiro atoms. The molecular weight excluding hydrogens is 348 g/mol. The molecule has 5 rings (SSSR count). The monoisotopic (exact) mass is 362 g/mol. The summed E-state index contributed by atoms with van der Waals surface area (Å²) in [6.07, 6.45) is 3.39. The van der Waals surface area contributed by atoms with Crippen LogP contribution < -0.4 is 0 Å². The number of nitriles is 1. The van der Waals surface area contributed by atoms with E-state index in [1.165, 1.54) is 25.7 Å². The minimum atomic E-state index is 0.574. The van der Waals surface area contributed by atoms with Crippen LogP contribution in [0, 0.1) is 11.3 Å². The Morgan fingerprint density at radius 2 is 1.44 bits per heavy atom. The van der Waals surface area contributed by atoms with Crippen molar-refractivity contribution in [1.82, 2.24) is 4.98 Å². The van der Waals surface area contributed by atoms with E-state index in [-0.39, 0.29) is 0 Å². The van der Waals surface area contributed by atoms with E-state index in [0.717, 1.165) is 16.7 Å².